The first kappa shape index (κ1) is 18.6. The fraction of sp³-hybridized carbons (Fsp3) is 0.259. The van der Waals surface area contributed by atoms with Crippen molar-refractivity contribution < 1.29 is 4.74 Å². The molecule has 0 amide bonds. The van der Waals surface area contributed by atoms with Crippen molar-refractivity contribution in [2.45, 2.75) is 39.5 Å². The summed E-state index contributed by atoms with van der Waals surface area (Å²) in [6.07, 6.45) is 6.68. The third kappa shape index (κ3) is 4.04. The van der Waals surface area contributed by atoms with Crippen molar-refractivity contribution in [1.29, 1.82) is 0 Å². The summed E-state index contributed by atoms with van der Waals surface area (Å²) in [6.45, 7) is 4.92. The highest BCUT2D eigenvalue weighted by Crippen LogP contribution is 2.34. The number of fused-ring (bicyclic) bond motifs is 1. The third-order valence-electron chi connectivity index (χ3n) is 5.60. The maximum Gasteiger partial charge on any atom is 0.119 e. The Balaban J connectivity index is 1.44. The van der Waals surface area contributed by atoms with Crippen LogP contribution in [0.4, 0.5) is 0 Å². The number of aryl methyl sites for hydroxylation is 3. The number of rotatable bonds is 7. The van der Waals surface area contributed by atoms with Gasteiger partial charge in [-0.05, 0) is 83.7 Å². The van der Waals surface area contributed by atoms with Crippen molar-refractivity contribution in [1.82, 2.24) is 0 Å². The largest absolute Gasteiger partial charge is 0.494 e. The summed E-state index contributed by atoms with van der Waals surface area (Å²) in [5.41, 5.74) is 9.70. The van der Waals surface area contributed by atoms with Crippen molar-refractivity contribution in [2.24, 2.45) is 0 Å². The Morgan fingerprint density at radius 1 is 0.750 bits per heavy atom. The van der Waals surface area contributed by atoms with Crippen LogP contribution in [0.1, 0.15) is 47.2 Å². The van der Waals surface area contributed by atoms with Crippen molar-refractivity contribution in [3.63, 3.8) is 0 Å². The Morgan fingerprint density at radius 3 is 2.14 bits per heavy atom. The van der Waals surface area contributed by atoms with Gasteiger partial charge in [-0.15, -0.1) is 0 Å². The lowest BCUT2D eigenvalue weighted by molar-refractivity contribution is 0.340. The van der Waals surface area contributed by atoms with Crippen LogP contribution in [-0.4, -0.2) is 6.61 Å². The molecule has 0 radical (unpaired) electrons. The highest BCUT2D eigenvalue weighted by Gasteiger charge is 2.16. The van der Waals surface area contributed by atoms with Crippen LogP contribution in [0.15, 0.2) is 72.8 Å². The van der Waals surface area contributed by atoms with Gasteiger partial charge in [0.05, 0.1) is 6.61 Å². The average Bonchev–Trinajstić information content (AvgIpc) is 3.17. The molecule has 0 saturated heterocycles. The maximum atomic E-state index is 5.57. The van der Waals surface area contributed by atoms with Gasteiger partial charge in [0.25, 0.3) is 0 Å². The van der Waals surface area contributed by atoms with Crippen LogP contribution >= 0.6 is 0 Å². The summed E-state index contributed by atoms with van der Waals surface area (Å²) in [7, 11) is 0. The molecule has 0 bridgehead atoms. The van der Waals surface area contributed by atoms with Gasteiger partial charge in [-0.3, -0.25) is 0 Å². The van der Waals surface area contributed by atoms with Gasteiger partial charge in [0, 0.05) is 0 Å². The van der Waals surface area contributed by atoms with Gasteiger partial charge < -0.3 is 4.74 Å². The standard InChI is InChI=1S/C27H28O/c1-3-20-5-7-21(8-6-20)9-10-22-11-17-27-24(19-22)14-18-26(27)23-12-15-25(16-13-23)28-4-2/h5-8,11-13,15-19H,3-4,9-10,14H2,1-2H3. The summed E-state index contributed by atoms with van der Waals surface area (Å²) in [5.74, 6) is 0.937. The van der Waals surface area contributed by atoms with E-state index in [1.807, 2.05) is 6.92 Å². The van der Waals surface area contributed by atoms with E-state index in [4.69, 9.17) is 4.74 Å². The quantitative estimate of drug-likeness (QED) is 0.467. The summed E-state index contributed by atoms with van der Waals surface area (Å²) in [6, 6.07) is 24.5. The monoisotopic (exact) mass is 368 g/mol. The molecule has 0 heterocycles. The maximum absolute atomic E-state index is 5.57. The molecule has 1 heteroatoms. The van der Waals surface area contributed by atoms with E-state index < -0.39 is 0 Å². The fourth-order valence-electron chi connectivity index (χ4n) is 3.96. The highest BCUT2D eigenvalue weighted by atomic mass is 16.5. The molecule has 0 spiro atoms. The number of hydrogen-bond acceptors (Lipinski definition) is 1. The number of hydrogen-bond donors (Lipinski definition) is 0. The van der Waals surface area contributed by atoms with E-state index in [0.29, 0.717) is 6.61 Å². The van der Waals surface area contributed by atoms with E-state index in [1.54, 1.807) is 0 Å². The van der Waals surface area contributed by atoms with Gasteiger partial charge in [-0.1, -0.05) is 67.6 Å². The summed E-state index contributed by atoms with van der Waals surface area (Å²) in [5, 5.41) is 0. The van der Waals surface area contributed by atoms with Crippen LogP contribution in [0.2, 0.25) is 0 Å². The van der Waals surface area contributed by atoms with Crippen LogP contribution in [0.3, 0.4) is 0 Å². The molecule has 0 N–H and O–H groups in total. The smallest absolute Gasteiger partial charge is 0.119 e. The van der Waals surface area contributed by atoms with Crippen LogP contribution in [0, 0.1) is 0 Å². The first-order chi connectivity index (χ1) is 13.8. The molecular weight excluding hydrogens is 340 g/mol. The molecule has 28 heavy (non-hydrogen) atoms. The molecule has 0 unspecified atom stereocenters. The molecule has 0 saturated carbocycles. The summed E-state index contributed by atoms with van der Waals surface area (Å²) < 4.78 is 5.57. The first-order valence-electron chi connectivity index (χ1n) is 10.4. The first-order valence-corrected chi connectivity index (χ1v) is 10.4. The summed E-state index contributed by atoms with van der Waals surface area (Å²) in [4.78, 5) is 0. The van der Waals surface area contributed by atoms with Crippen LogP contribution in [0.5, 0.6) is 5.75 Å². The zero-order chi connectivity index (χ0) is 19.3. The number of benzene rings is 3. The van der Waals surface area contributed by atoms with Gasteiger partial charge in [0.1, 0.15) is 5.75 Å². The second-order valence-electron chi connectivity index (χ2n) is 7.44. The molecule has 0 aliphatic heterocycles. The topological polar surface area (TPSA) is 9.23 Å². The molecule has 0 aromatic heterocycles. The second-order valence-corrected chi connectivity index (χ2v) is 7.44. The zero-order valence-corrected chi connectivity index (χ0v) is 16.9. The van der Waals surface area contributed by atoms with Gasteiger partial charge >= 0.3 is 0 Å². The Kier molecular flexibility index (Phi) is 5.62. The lowest BCUT2D eigenvalue weighted by Crippen LogP contribution is -1.95. The van der Waals surface area contributed by atoms with E-state index in [2.05, 4.69) is 79.7 Å². The molecule has 142 valence electrons. The predicted octanol–water partition coefficient (Wildman–Crippen LogP) is 6.42. The van der Waals surface area contributed by atoms with Crippen LogP contribution in [-0.2, 0) is 25.7 Å². The van der Waals surface area contributed by atoms with Crippen molar-refractivity contribution in [3.05, 3.63) is 106 Å². The molecule has 4 rings (SSSR count). The average molecular weight is 369 g/mol. The Morgan fingerprint density at radius 2 is 1.43 bits per heavy atom. The summed E-state index contributed by atoms with van der Waals surface area (Å²) >= 11 is 0. The van der Waals surface area contributed by atoms with E-state index in [1.165, 1.54) is 39.0 Å². The molecule has 1 aliphatic carbocycles. The molecule has 1 nitrogen and oxygen atoms in total. The molecular formula is C27H28O. The SMILES string of the molecule is CCOc1ccc(C2=CCc3cc(CCc4ccc(CC)cc4)ccc32)cc1. The minimum Gasteiger partial charge on any atom is -0.494 e. The number of allylic oxidation sites excluding steroid dienone is 1. The van der Waals surface area contributed by atoms with Gasteiger partial charge in [0.2, 0.25) is 0 Å². The fourth-order valence-corrected chi connectivity index (χ4v) is 3.96. The second kappa shape index (κ2) is 8.48. The third-order valence-corrected chi connectivity index (χ3v) is 5.60. The lowest BCUT2D eigenvalue weighted by Gasteiger charge is -2.10. The predicted molar refractivity (Wildman–Crippen MR) is 118 cm³/mol. The van der Waals surface area contributed by atoms with E-state index in [-0.39, 0.29) is 0 Å². The molecule has 0 fully saturated rings. The zero-order valence-electron chi connectivity index (χ0n) is 16.9. The van der Waals surface area contributed by atoms with E-state index >= 15 is 0 Å². The van der Waals surface area contributed by atoms with E-state index in [9.17, 15) is 0 Å². The van der Waals surface area contributed by atoms with Crippen LogP contribution < -0.4 is 4.74 Å². The van der Waals surface area contributed by atoms with Crippen LogP contribution in [0.25, 0.3) is 5.57 Å². The molecule has 3 aromatic rings. The van der Waals surface area contributed by atoms with Crippen molar-refractivity contribution in [2.75, 3.05) is 6.61 Å². The van der Waals surface area contributed by atoms with E-state index in [0.717, 1.165) is 31.4 Å². The normalized spacial score (nSPS) is 12.6. The molecule has 3 aromatic carbocycles. The molecule has 1 aliphatic rings. The minimum absolute atomic E-state index is 0.705. The van der Waals surface area contributed by atoms with Gasteiger partial charge in [0.15, 0.2) is 0 Å². The minimum atomic E-state index is 0.705. The van der Waals surface area contributed by atoms with Gasteiger partial charge in [-0.25, -0.2) is 0 Å². The Bertz CT molecular complexity index is 962. The molecule has 0 atom stereocenters. The lowest BCUT2D eigenvalue weighted by atomic mass is 9.95. The van der Waals surface area contributed by atoms with Crippen molar-refractivity contribution in [3.8, 4) is 5.75 Å². The Hall–Kier alpha value is -2.80. The Labute approximate surface area is 168 Å². The number of ether oxygens (including phenoxy) is 1. The van der Waals surface area contributed by atoms with Crippen molar-refractivity contribution >= 4 is 5.57 Å². The van der Waals surface area contributed by atoms with Gasteiger partial charge in [-0.2, -0.15) is 0 Å². The highest BCUT2D eigenvalue weighted by molar-refractivity contribution is 5.84.